The van der Waals surface area contributed by atoms with Crippen molar-refractivity contribution in [1.29, 1.82) is 0 Å². The first-order valence-corrected chi connectivity index (χ1v) is 12.4. The van der Waals surface area contributed by atoms with Crippen LogP contribution in [-0.2, 0) is 23.1 Å². The summed E-state index contributed by atoms with van der Waals surface area (Å²) in [4.78, 5) is 34.1. The number of hydrogen-bond donors (Lipinski definition) is 0. The van der Waals surface area contributed by atoms with Crippen LogP contribution < -0.4 is 5.56 Å². The number of benzene rings is 2. The Morgan fingerprint density at radius 1 is 1.12 bits per heavy atom. The van der Waals surface area contributed by atoms with Crippen LogP contribution in [0.2, 0.25) is 0 Å². The first-order chi connectivity index (χ1) is 16.1. The number of carbonyl (C=O) groups excluding carboxylic acids is 1. The molecule has 4 rings (SSSR count). The van der Waals surface area contributed by atoms with Gasteiger partial charge in [0, 0.05) is 32.1 Å². The summed E-state index contributed by atoms with van der Waals surface area (Å²) in [5, 5.41) is 1.14. The zero-order valence-electron chi connectivity index (χ0n) is 18.6. The van der Waals surface area contributed by atoms with Gasteiger partial charge in [-0.1, -0.05) is 72.4 Å². The second-order valence-corrected chi connectivity index (χ2v) is 9.51. The van der Waals surface area contributed by atoms with Gasteiger partial charge >= 0.3 is 0 Å². The molecule has 1 amide bonds. The lowest BCUT2D eigenvalue weighted by Gasteiger charge is -2.22. The van der Waals surface area contributed by atoms with Crippen LogP contribution in [0.3, 0.4) is 0 Å². The van der Waals surface area contributed by atoms with Crippen LogP contribution in [0, 0.1) is 0 Å². The van der Waals surface area contributed by atoms with Gasteiger partial charge < -0.3 is 9.64 Å². The Morgan fingerprint density at radius 2 is 1.82 bits per heavy atom. The lowest BCUT2D eigenvalue weighted by atomic mass is 10.2. The van der Waals surface area contributed by atoms with Crippen molar-refractivity contribution < 1.29 is 9.53 Å². The van der Waals surface area contributed by atoms with Crippen molar-refractivity contribution in [2.45, 2.75) is 11.7 Å². The maximum atomic E-state index is 13.0. The van der Waals surface area contributed by atoms with Gasteiger partial charge in [-0.2, -0.15) is 0 Å². The zero-order valence-corrected chi connectivity index (χ0v) is 20.2. The van der Waals surface area contributed by atoms with Crippen molar-refractivity contribution in [3.63, 3.8) is 0 Å². The van der Waals surface area contributed by atoms with Crippen LogP contribution in [0.4, 0.5) is 0 Å². The molecule has 0 unspecified atom stereocenters. The molecule has 0 saturated heterocycles. The summed E-state index contributed by atoms with van der Waals surface area (Å²) in [7, 11) is 3.33. The van der Waals surface area contributed by atoms with Gasteiger partial charge in [0.1, 0.15) is 4.83 Å². The van der Waals surface area contributed by atoms with E-state index in [1.807, 2.05) is 66.7 Å². The highest BCUT2D eigenvalue weighted by Gasteiger charge is 2.18. The van der Waals surface area contributed by atoms with Gasteiger partial charge in [-0.3, -0.25) is 14.2 Å². The van der Waals surface area contributed by atoms with Crippen LogP contribution in [0.15, 0.2) is 76.7 Å². The van der Waals surface area contributed by atoms with E-state index in [1.54, 1.807) is 19.1 Å². The monoisotopic (exact) mass is 479 g/mol. The molecule has 2 heterocycles. The molecule has 33 heavy (non-hydrogen) atoms. The van der Waals surface area contributed by atoms with Gasteiger partial charge in [0.2, 0.25) is 5.91 Å². The molecule has 0 aliphatic carbocycles. The van der Waals surface area contributed by atoms with Crippen molar-refractivity contribution in [2.24, 2.45) is 7.05 Å². The molecule has 2 aromatic heterocycles. The molecule has 0 saturated carbocycles. The van der Waals surface area contributed by atoms with Crippen molar-refractivity contribution in [1.82, 2.24) is 14.5 Å². The second-order valence-electron chi connectivity index (χ2n) is 7.54. The Balaban J connectivity index is 1.53. The highest BCUT2D eigenvalue weighted by Crippen LogP contribution is 2.32. The van der Waals surface area contributed by atoms with E-state index < -0.39 is 0 Å². The molecular weight excluding hydrogens is 454 g/mol. The summed E-state index contributed by atoms with van der Waals surface area (Å²) in [6.45, 7) is 1.48. The van der Waals surface area contributed by atoms with Gasteiger partial charge in [-0.25, -0.2) is 4.98 Å². The molecule has 170 valence electrons. The Bertz CT molecular complexity index is 1290. The average Bonchev–Trinajstić information content (AvgIpc) is 3.28. The molecule has 0 bridgehead atoms. The number of nitrogens with zero attached hydrogens (tertiary/aromatic N) is 3. The fourth-order valence-electron chi connectivity index (χ4n) is 3.44. The molecular formula is C25H25N3O3S2. The van der Waals surface area contributed by atoms with E-state index in [9.17, 15) is 9.59 Å². The quantitative estimate of drug-likeness (QED) is 0.263. The molecule has 0 atom stereocenters. The topological polar surface area (TPSA) is 64.4 Å². The number of thiophene rings is 1. The summed E-state index contributed by atoms with van der Waals surface area (Å²) in [6, 6.07) is 21.7. The number of fused-ring (bicyclic) bond motifs is 1. The summed E-state index contributed by atoms with van der Waals surface area (Å²) in [5.74, 6) is 0.172. The number of hydrogen-bond acceptors (Lipinski definition) is 6. The van der Waals surface area contributed by atoms with Crippen LogP contribution in [0.25, 0.3) is 20.7 Å². The van der Waals surface area contributed by atoms with E-state index in [-0.39, 0.29) is 17.2 Å². The highest BCUT2D eigenvalue weighted by molar-refractivity contribution is 7.99. The zero-order chi connectivity index (χ0) is 23.2. The lowest BCUT2D eigenvalue weighted by Crippen LogP contribution is -2.35. The molecule has 8 heteroatoms. The fraction of sp³-hybridized carbons (Fsp3) is 0.240. The predicted octanol–water partition coefficient (Wildman–Crippen LogP) is 4.43. The molecule has 0 radical (unpaired) electrons. The minimum absolute atomic E-state index is 0.0218. The number of aromatic nitrogens is 2. The fourth-order valence-corrected chi connectivity index (χ4v) is 5.39. The third-order valence-corrected chi connectivity index (χ3v) is 7.34. The van der Waals surface area contributed by atoms with Gasteiger partial charge in [0.25, 0.3) is 5.56 Å². The van der Waals surface area contributed by atoms with Crippen molar-refractivity contribution >= 4 is 39.2 Å². The van der Waals surface area contributed by atoms with E-state index in [4.69, 9.17) is 9.72 Å². The second kappa shape index (κ2) is 10.8. The van der Waals surface area contributed by atoms with E-state index >= 15 is 0 Å². The average molecular weight is 480 g/mol. The van der Waals surface area contributed by atoms with Crippen LogP contribution in [-0.4, -0.2) is 46.4 Å². The molecule has 6 nitrogen and oxygen atoms in total. The van der Waals surface area contributed by atoms with Crippen LogP contribution >= 0.6 is 23.1 Å². The third kappa shape index (κ3) is 5.52. The molecule has 0 spiro atoms. The van der Waals surface area contributed by atoms with Crippen molar-refractivity contribution in [3.05, 3.63) is 82.6 Å². The van der Waals surface area contributed by atoms with Gasteiger partial charge in [-0.15, -0.1) is 11.3 Å². The van der Waals surface area contributed by atoms with E-state index in [0.717, 1.165) is 16.0 Å². The number of carbonyl (C=O) groups is 1. The van der Waals surface area contributed by atoms with Gasteiger partial charge in [0.15, 0.2) is 5.16 Å². The summed E-state index contributed by atoms with van der Waals surface area (Å²) in [5.41, 5.74) is 2.02. The Hall–Kier alpha value is -2.94. The van der Waals surface area contributed by atoms with Crippen LogP contribution in [0.1, 0.15) is 5.56 Å². The molecule has 0 N–H and O–H groups in total. The third-order valence-electron chi connectivity index (χ3n) is 5.25. The number of ether oxygens (including phenoxy) is 1. The SMILES string of the molecule is COCCN(Cc1ccccc1)C(=O)CSc1nc2sc(-c3ccccc3)cc2c(=O)n1C. The van der Waals surface area contributed by atoms with Gasteiger partial charge in [-0.05, 0) is 17.2 Å². The largest absolute Gasteiger partial charge is 0.383 e. The van der Waals surface area contributed by atoms with Gasteiger partial charge in [0.05, 0.1) is 17.7 Å². The molecule has 0 fully saturated rings. The molecule has 0 aliphatic heterocycles. The summed E-state index contributed by atoms with van der Waals surface area (Å²) in [6.07, 6.45) is 0. The minimum Gasteiger partial charge on any atom is -0.383 e. The van der Waals surface area contributed by atoms with Crippen molar-refractivity contribution in [3.8, 4) is 10.4 Å². The lowest BCUT2D eigenvalue weighted by molar-refractivity contribution is -0.129. The Labute approximate surface area is 200 Å². The minimum atomic E-state index is -0.103. The molecule has 0 aliphatic rings. The first kappa shape index (κ1) is 23.2. The maximum absolute atomic E-state index is 13.0. The number of thioether (sulfide) groups is 1. The number of rotatable bonds is 9. The molecule has 2 aromatic carbocycles. The number of amides is 1. The summed E-state index contributed by atoms with van der Waals surface area (Å²) >= 11 is 2.78. The standard InChI is InChI=1S/C25H25N3O3S2/c1-27-24(30)20-15-21(19-11-7-4-8-12-19)33-23(20)26-25(27)32-17-22(29)28(13-14-31-2)16-18-9-5-3-6-10-18/h3-12,15H,13-14,16-17H2,1-2H3. The number of methoxy groups -OCH3 is 1. The summed E-state index contributed by atoms with van der Waals surface area (Å²) < 4.78 is 6.71. The maximum Gasteiger partial charge on any atom is 0.262 e. The van der Waals surface area contributed by atoms with E-state index in [2.05, 4.69) is 0 Å². The highest BCUT2D eigenvalue weighted by atomic mass is 32.2. The van der Waals surface area contributed by atoms with E-state index in [0.29, 0.717) is 35.1 Å². The van der Waals surface area contributed by atoms with Crippen molar-refractivity contribution in [2.75, 3.05) is 26.0 Å². The first-order valence-electron chi connectivity index (χ1n) is 10.6. The smallest absolute Gasteiger partial charge is 0.262 e. The Kier molecular flexibility index (Phi) is 7.59. The van der Waals surface area contributed by atoms with E-state index in [1.165, 1.54) is 27.7 Å². The Morgan fingerprint density at radius 3 is 2.52 bits per heavy atom. The van der Waals surface area contributed by atoms with Crippen LogP contribution in [0.5, 0.6) is 0 Å². The molecule has 4 aromatic rings. The normalized spacial score (nSPS) is 11.1. The predicted molar refractivity (Wildman–Crippen MR) is 135 cm³/mol.